The van der Waals surface area contributed by atoms with Gasteiger partial charge in [0.05, 0.1) is 17.2 Å². The lowest BCUT2D eigenvalue weighted by atomic mass is 10.0. The predicted molar refractivity (Wildman–Crippen MR) is 103 cm³/mol. The zero-order chi connectivity index (χ0) is 17.8. The third-order valence-corrected chi connectivity index (χ3v) is 4.45. The van der Waals surface area contributed by atoms with Gasteiger partial charge >= 0.3 is 0 Å². The van der Waals surface area contributed by atoms with Crippen LogP contribution in [0.3, 0.4) is 0 Å². The molecule has 2 aromatic carbocycles. The van der Waals surface area contributed by atoms with Crippen LogP contribution in [0.2, 0.25) is 0 Å². The zero-order valence-corrected chi connectivity index (χ0v) is 14.8. The molecule has 0 aliphatic rings. The molecule has 1 heterocycles. The Morgan fingerprint density at radius 3 is 2.60 bits per heavy atom. The number of aromatic nitrogens is 1. The first kappa shape index (κ1) is 17.1. The average molecular weight is 333 g/mol. The first-order valence-corrected chi connectivity index (χ1v) is 8.52. The van der Waals surface area contributed by atoms with E-state index in [1.54, 1.807) is 6.20 Å². The number of fused-ring (bicyclic) bond motifs is 1. The molecular formula is C21H23N3O. The van der Waals surface area contributed by atoms with Crippen molar-refractivity contribution in [3.8, 4) is 0 Å². The Labute approximate surface area is 148 Å². The lowest BCUT2D eigenvalue weighted by Gasteiger charge is -2.21. The van der Waals surface area contributed by atoms with Gasteiger partial charge in [0.25, 0.3) is 0 Å². The average Bonchev–Trinajstić information content (AvgIpc) is 2.62. The van der Waals surface area contributed by atoms with E-state index in [2.05, 4.69) is 41.6 Å². The standard InChI is InChI=1S/C21H23N3O/c1-14-8-4-5-9-17(14)15(2)23-16(3)21(25)24-20-12-6-11-19-18(20)10-7-13-22-19/h4-13,15-16,23H,1-3H3,(H,24,25)/t15-,16+/m0/s1. The maximum Gasteiger partial charge on any atom is 0.241 e. The topological polar surface area (TPSA) is 54.0 Å². The first-order valence-electron chi connectivity index (χ1n) is 8.52. The van der Waals surface area contributed by atoms with Gasteiger partial charge in [0.15, 0.2) is 0 Å². The van der Waals surface area contributed by atoms with Crippen LogP contribution in [0.25, 0.3) is 10.9 Å². The van der Waals surface area contributed by atoms with E-state index in [1.165, 1.54) is 11.1 Å². The Morgan fingerprint density at radius 2 is 1.80 bits per heavy atom. The molecule has 2 N–H and O–H groups in total. The summed E-state index contributed by atoms with van der Waals surface area (Å²) in [5.74, 6) is -0.0585. The summed E-state index contributed by atoms with van der Waals surface area (Å²) in [6.45, 7) is 6.04. The molecule has 2 atom stereocenters. The molecule has 25 heavy (non-hydrogen) atoms. The van der Waals surface area contributed by atoms with Gasteiger partial charge in [0.2, 0.25) is 5.91 Å². The van der Waals surface area contributed by atoms with E-state index < -0.39 is 0 Å². The molecule has 4 heteroatoms. The normalized spacial score (nSPS) is 13.4. The number of benzene rings is 2. The number of pyridine rings is 1. The number of aryl methyl sites for hydroxylation is 1. The molecule has 0 spiro atoms. The highest BCUT2D eigenvalue weighted by Crippen LogP contribution is 2.22. The van der Waals surface area contributed by atoms with Gasteiger partial charge in [0.1, 0.15) is 0 Å². The molecule has 0 bridgehead atoms. The minimum Gasteiger partial charge on any atom is -0.324 e. The van der Waals surface area contributed by atoms with Crippen LogP contribution in [0.4, 0.5) is 5.69 Å². The van der Waals surface area contributed by atoms with Gasteiger partial charge in [-0.1, -0.05) is 30.3 Å². The highest BCUT2D eigenvalue weighted by Gasteiger charge is 2.18. The SMILES string of the molecule is Cc1ccccc1[C@H](C)N[C@H](C)C(=O)Nc1cccc2ncccc12. The highest BCUT2D eigenvalue weighted by molar-refractivity contribution is 6.02. The zero-order valence-electron chi connectivity index (χ0n) is 14.8. The number of nitrogens with one attached hydrogen (secondary N) is 2. The van der Waals surface area contributed by atoms with Crippen molar-refractivity contribution >= 4 is 22.5 Å². The molecule has 0 fully saturated rings. The number of amides is 1. The van der Waals surface area contributed by atoms with E-state index in [0.717, 1.165) is 16.6 Å². The summed E-state index contributed by atoms with van der Waals surface area (Å²) in [6.07, 6.45) is 1.75. The summed E-state index contributed by atoms with van der Waals surface area (Å²) in [5, 5.41) is 7.33. The van der Waals surface area contributed by atoms with E-state index >= 15 is 0 Å². The van der Waals surface area contributed by atoms with Gasteiger partial charge in [-0.3, -0.25) is 15.1 Å². The monoisotopic (exact) mass is 333 g/mol. The van der Waals surface area contributed by atoms with E-state index in [-0.39, 0.29) is 18.0 Å². The van der Waals surface area contributed by atoms with E-state index in [4.69, 9.17) is 0 Å². The van der Waals surface area contributed by atoms with Crippen LogP contribution in [0, 0.1) is 6.92 Å². The van der Waals surface area contributed by atoms with Crippen LogP contribution in [0.1, 0.15) is 31.0 Å². The summed E-state index contributed by atoms with van der Waals surface area (Å²) in [6, 6.07) is 17.6. The fourth-order valence-corrected chi connectivity index (χ4v) is 3.07. The van der Waals surface area contributed by atoms with E-state index in [1.807, 2.05) is 49.4 Å². The van der Waals surface area contributed by atoms with Crippen molar-refractivity contribution in [3.63, 3.8) is 0 Å². The molecule has 128 valence electrons. The van der Waals surface area contributed by atoms with Gasteiger partial charge < -0.3 is 5.32 Å². The molecular weight excluding hydrogens is 310 g/mol. The second kappa shape index (κ2) is 7.45. The molecule has 3 aromatic rings. The predicted octanol–water partition coefficient (Wildman–Crippen LogP) is 4.22. The molecule has 1 aromatic heterocycles. The van der Waals surface area contributed by atoms with E-state index in [9.17, 15) is 4.79 Å². The number of carbonyl (C=O) groups is 1. The fourth-order valence-electron chi connectivity index (χ4n) is 3.07. The van der Waals surface area contributed by atoms with Crippen LogP contribution >= 0.6 is 0 Å². The lowest BCUT2D eigenvalue weighted by molar-refractivity contribution is -0.117. The number of nitrogens with zero attached hydrogens (tertiary/aromatic N) is 1. The second-order valence-electron chi connectivity index (χ2n) is 6.33. The van der Waals surface area contributed by atoms with Gasteiger partial charge in [-0.2, -0.15) is 0 Å². The second-order valence-corrected chi connectivity index (χ2v) is 6.33. The van der Waals surface area contributed by atoms with Crippen molar-refractivity contribution in [1.29, 1.82) is 0 Å². The summed E-state index contributed by atoms with van der Waals surface area (Å²) in [4.78, 5) is 16.9. The third-order valence-electron chi connectivity index (χ3n) is 4.45. The molecule has 3 rings (SSSR count). The van der Waals surface area contributed by atoms with Crippen molar-refractivity contribution in [1.82, 2.24) is 10.3 Å². The maximum atomic E-state index is 12.6. The lowest BCUT2D eigenvalue weighted by Crippen LogP contribution is -2.39. The van der Waals surface area contributed by atoms with Crippen molar-refractivity contribution in [2.45, 2.75) is 32.9 Å². The molecule has 0 unspecified atom stereocenters. The Balaban J connectivity index is 1.71. The van der Waals surface area contributed by atoms with Crippen LogP contribution in [-0.2, 0) is 4.79 Å². The summed E-state index contributed by atoms with van der Waals surface area (Å²) in [7, 11) is 0. The van der Waals surface area contributed by atoms with Crippen molar-refractivity contribution in [2.75, 3.05) is 5.32 Å². The summed E-state index contributed by atoms with van der Waals surface area (Å²) in [5.41, 5.74) is 4.08. The summed E-state index contributed by atoms with van der Waals surface area (Å²) < 4.78 is 0. The number of rotatable bonds is 5. The first-order chi connectivity index (χ1) is 12.1. The fraction of sp³-hybridized carbons (Fsp3) is 0.238. The number of hydrogen-bond acceptors (Lipinski definition) is 3. The van der Waals surface area contributed by atoms with Gasteiger partial charge in [-0.05, 0) is 56.2 Å². The summed E-state index contributed by atoms with van der Waals surface area (Å²) >= 11 is 0. The minimum absolute atomic E-state index is 0.0585. The van der Waals surface area contributed by atoms with Crippen LogP contribution in [0.5, 0.6) is 0 Å². The van der Waals surface area contributed by atoms with Crippen LogP contribution < -0.4 is 10.6 Å². The van der Waals surface area contributed by atoms with Crippen molar-refractivity contribution in [3.05, 3.63) is 71.9 Å². The molecule has 0 saturated carbocycles. The molecule has 0 aliphatic heterocycles. The highest BCUT2D eigenvalue weighted by atomic mass is 16.2. The van der Waals surface area contributed by atoms with Crippen LogP contribution in [-0.4, -0.2) is 16.9 Å². The Morgan fingerprint density at radius 1 is 1.00 bits per heavy atom. The number of carbonyl (C=O) groups excluding carboxylic acids is 1. The minimum atomic E-state index is -0.318. The largest absolute Gasteiger partial charge is 0.324 e. The van der Waals surface area contributed by atoms with Crippen LogP contribution in [0.15, 0.2) is 60.8 Å². The molecule has 4 nitrogen and oxygen atoms in total. The molecule has 0 saturated heterocycles. The van der Waals surface area contributed by atoms with Crippen molar-refractivity contribution < 1.29 is 4.79 Å². The van der Waals surface area contributed by atoms with Gasteiger partial charge in [-0.25, -0.2) is 0 Å². The number of anilines is 1. The molecule has 0 radical (unpaired) electrons. The van der Waals surface area contributed by atoms with Crippen molar-refractivity contribution in [2.24, 2.45) is 0 Å². The maximum absolute atomic E-state index is 12.6. The smallest absolute Gasteiger partial charge is 0.241 e. The molecule has 0 aliphatic carbocycles. The van der Waals surface area contributed by atoms with Gasteiger partial charge in [0, 0.05) is 17.6 Å². The Hall–Kier alpha value is -2.72. The Kier molecular flexibility index (Phi) is 5.10. The molecule has 1 amide bonds. The van der Waals surface area contributed by atoms with E-state index in [0.29, 0.717) is 0 Å². The third kappa shape index (κ3) is 3.86. The quantitative estimate of drug-likeness (QED) is 0.735. The number of hydrogen-bond donors (Lipinski definition) is 2. The van der Waals surface area contributed by atoms with Gasteiger partial charge in [-0.15, -0.1) is 0 Å². The Bertz CT molecular complexity index is 886.